The van der Waals surface area contributed by atoms with Gasteiger partial charge in [-0.15, -0.1) is 0 Å². The van der Waals surface area contributed by atoms with Gasteiger partial charge in [0.05, 0.1) is 18.3 Å². The molecule has 3 atom stereocenters. The van der Waals surface area contributed by atoms with Crippen molar-refractivity contribution in [2.45, 2.75) is 37.4 Å². The van der Waals surface area contributed by atoms with Crippen molar-refractivity contribution in [2.24, 2.45) is 0 Å². The van der Waals surface area contributed by atoms with Crippen molar-refractivity contribution in [1.82, 2.24) is 15.6 Å². The smallest absolute Gasteiger partial charge is 0.270 e. The first-order chi connectivity index (χ1) is 9.17. The summed E-state index contributed by atoms with van der Waals surface area (Å²) < 4.78 is 5.02. The number of methoxy groups -OCH3 is 1. The second-order valence-corrected chi connectivity index (χ2v) is 5.47. The number of pyridine rings is 1. The summed E-state index contributed by atoms with van der Waals surface area (Å²) in [5.41, 5.74) is 0.327. The highest BCUT2D eigenvalue weighted by atomic mass is 35.5. The van der Waals surface area contributed by atoms with E-state index in [0.717, 1.165) is 12.8 Å². The predicted octanol–water partition coefficient (Wildman–Crippen LogP) is 1.37. The number of nitrogens with zero attached hydrogens (tertiary/aromatic N) is 1. The molecule has 2 fully saturated rings. The minimum atomic E-state index is -0.177. The Hall–Kier alpha value is -1.33. The zero-order chi connectivity index (χ0) is 13.4. The van der Waals surface area contributed by atoms with Gasteiger partial charge in [0.2, 0.25) is 0 Å². The Morgan fingerprint density at radius 3 is 3.00 bits per heavy atom. The Morgan fingerprint density at radius 2 is 2.42 bits per heavy atom. The molecule has 2 saturated heterocycles. The number of hydrogen-bond acceptors (Lipinski definition) is 4. The summed E-state index contributed by atoms with van der Waals surface area (Å²) in [5.74, 6) is 0.295. The highest BCUT2D eigenvalue weighted by Gasteiger charge is 2.39. The van der Waals surface area contributed by atoms with Crippen molar-refractivity contribution in [3.05, 3.63) is 23.0 Å². The van der Waals surface area contributed by atoms with Crippen LogP contribution in [0.5, 0.6) is 5.75 Å². The molecule has 2 N–H and O–H groups in total. The molecule has 1 amide bonds. The Bertz CT molecular complexity index is 509. The summed E-state index contributed by atoms with van der Waals surface area (Å²) >= 11 is 6.00. The average Bonchev–Trinajstić information content (AvgIpc) is 3.00. The van der Waals surface area contributed by atoms with Crippen LogP contribution in [-0.2, 0) is 0 Å². The van der Waals surface area contributed by atoms with Gasteiger partial charge in [0.25, 0.3) is 5.91 Å². The van der Waals surface area contributed by atoms with Gasteiger partial charge in [-0.25, -0.2) is 4.98 Å². The molecule has 3 heterocycles. The standard InChI is InChI=1S/C13H16ClN3O2/c1-19-12-6-15-11(5-8(12)14)13(18)17-10-4-7-2-3-9(10)16-7/h5-7,9-10,16H,2-4H2,1H3,(H,17,18). The van der Waals surface area contributed by atoms with E-state index >= 15 is 0 Å². The molecule has 19 heavy (non-hydrogen) atoms. The molecular weight excluding hydrogens is 266 g/mol. The molecule has 2 bridgehead atoms. The Kier molecular flexibility index (Phi) is 3.33. The van der Waals surface area contributed by atoms with Gasteiger partial charge in [0, 0.05) is 18.1 Å². The number of halogens is 1. The van der Waals surface area contributed by atoms with Crippen LogP contribution in [-0.4, -0.2) is 36.1 Å². The molecule has 2 aliphatic heterocycles. The van der Waals surface area contributed by atoms with E-state index in [-0.39, 0.29) is 11.9 Å². The molecule has 3 rings (SSSR count). The first kappa shape index (κ1) is 12.7. The second-order valence-electron chi connectivity index (χ2n) is 5.07. The van der Waals surface area contributed by atoms with E-state index in [2.05, 4.69) is 15.6 Å². The zero-order valence-corrected chi connectivity index (χ0v) is 11.4. The van der Waals surface area contributed by atoms with E-state index in [1.807, 2.05) is 0 Å². The van der Waals surface area contributed by atoms with Gasteiger partial charge in [0.15, 0.2) is 5.75 Å². The maximum absolute atomic E-state index is 12.1. The number of rotatable bonds is 3. The van der Waals surface area contributed by atoms with Crippen LogP contribution in [0.15, 0.2) is 12.3 Å². The molecular formula is C13H16ClN3O2. The summed E-state index contributed by atoms with van der Waals surface area (Å²) in [4.78, 5) is 16.2. The van der Waals surface area contributed by atoms with E-state index in [0.29, 0.717) is 28.5 Å². The first-order valence-electron chi connectivity index (χ1n) is 6.44. The van der Waals surface area contributed by atoms with Crippen molar-refractivity contribution in [2.75, 3.05) is 7.11 Å². The molecule has 0 spiro atoms. The zero-order valence-electron chi connectivity index (χ0n) is 10.6. The number of carbonyl (C=O) groups excluding carboxylic acids is 1. The van der Waals surface area contributed by atoms with E-state index in [1.54, 1.807) is 0 Å². The Morgan fingerprint density at radius 1 is 1.58 bits per heavy atom. The SMILES string of the molecule is COc1cnc(C(=O)NC2CC3CCC2N3)cc1Cl. The second kappa shape index (κ2) is 4.98. The molecule has 1 aromatic heterocycles. The third-order valence-corrected chi connectivity index (χ3v) is 4.18. The third-order valence-electron chi connectivity index (χ3n) is 3.89. The number of fused-ring (bicyclic) bond motifs is 2. The summed E-state index contributed by atoms with van der Waals surface area (Å²) in [6.45, 7) is 0. The highest BCUT2D eigenvalue weighted by Crippen LogP contribution is 2.28. The van der Waals surface area contributed by atoms with Crippen molar-refractivity contribution in [1.29, 1.82) is 0 Å². The van der Waals surface area contributed by atoms with Gasteiger partial charge in [-0.1, -0.05) is 11.6 Å². The average molecular weight is 282 g/mol. The quantitative estimate of drug-likeness (QED) is 0.878. The fourth-order valence-electron chi connectivity index (χ4n) is 2.92. The topological polar surface area (TPSA) is 63.2 Å². The fourth-order valence-corrected chi connectivity index (χ4v) is 3.15. The number of hydrogen-bond donors (Lipinski definition) is 2. The lowest BCUT2D eigenvalue weighted by Gasteiger charge is -2.21. The molecule has 0 radical (unpaired) electrons. The van der Waals surface area contributed by atoms with Crippen LogP contribution in [0.2, 0.25) is 5.02 Å². The number of aromatic nitrogens is 1. The van der Waals surface area contributed by atoms with Crippen molar-refractivity contribution < 1.29 is 9.53 Å². The molecule has 2 aliphatic rings. The first-order valence-corrected chi connectivity index (χ1v) is 6.81. The van der Waals surface area contributed by atoms with Gasteiger partial charge in [0.1, 0.15) is 5.69 Å². The normalized spacial score (nSPS) is 28.4. The Labute approximate surface area is 116 Å². The highest BCUT2D eigenvalue weighted by molar-refractivity contribution is 6.32. The fraction of sp³-hybridized carbons (Fsp3) is 0.538. The number of nitrogens with one attached hydrogen (secondary N) is 2. The van der Waals surface area contributed by atoms with Crippen LogP contribution in [0.1, 0.15) is 29.8 Å². The van der Waals surface area contributed by atoms with Crippen LogP contribution in [0.25, 0.3) is 0 Å². The van der Waals surface area contributed by atoms with Crippen molar-refractivity contribution in [3.8, 4) is 5.75 Å². The maximum Gasteiger partial charge on any atom is 0.270 e. The summed E-state index contributed by atoms with van der Waals surface area (Å²) in [6, 6.07) is 2.70. The van der Waals surface area contributed by atoms with Crippen LogP contribution in [0, 0.1) is 0 Å². The van der Waals surface area contributed by atoms with Gasteiger partial charge in [-0.2, -0.15) is 0 Å². The minimum Gasteiger partial charge on any atom is -0.494 e. The van der Waals surface area contributed by atoms with E-state index in [4.69, 9.17) is 16.3 Å². The van der Waals surface area contributed by atoms with E-state index < -0.39 is 0 Å². The van der Waals surface area contributed by atoms with Gasteiger partial charge in [-0.3, -0.25) is 4.79 Å². The van der Waals surface area contributed by atoms with Crippen LogP contribution >= 0.6 is 11.6 Å². The van der Waals surface area contributed by atoms with E-state index in [1.165, 1.54) is 25.8 Å². The maximum atomic E-state index is 12.1. The molecule has 0 aliphatic carbocycles. The molecule has 6 heteroatoms. The van der Waals surface area contributed by atoms with E-state index in [9.17, 15) is 4.79 Å². The summed E-state index contributed by atoms with van der Waals surface area (Å²) in [7, 11) is 1.52. The summed E-state index contributed by atoms with van der Waals surface area (Å²) in [5, 5.41) is 6.91. The van der Waals surface area contributed by atoms with Gasteiger partial charge in [-0.05, 0) is 25.3 Å². The number of amides is 1. The molecule has 1 aromatic rings. The van der Waals surface area contributed by atoms with Crippen LogP contribution < -0.4 is 15.4 Å². The third kappa shape index (κ3) is 2.40. The molecule has 0 aromatic carbocycles. The summed E-state index contributed by atoms with van der Waals surface area (Å²) in [6.07, 6.45) is 4.81. The van der Waals surface area contributed by atoms with Crippen LogP contribution in [0.4, 0.5) is 0 Å². The van der Waals surface area contributed by atoms with Crippen LogP contribution in [0.3, 0.4) is 0 Å². The van der Waals surface area contributed by atoms with Gasteiger partial charge >= 0.3 is 0 Å². The van der Waals surface area contributed by atoms with Crippen molar-refractivity contribution in [3.63, 3.8) is 0 Å². The Balaban J connectivity index is 1.69. The minimum absolute atomic E-state index is 0.177. The number of carbonyl (C=O) groups is 1. The number of ether oxygens (including phenoxy) is 1. The lowest BCUT2D eigenvalue weighted by Crippen LogP contribution is -2.43. The lowest BCUT2D eigenvalue weighted by atomic mass is 9.95. The molecule has 102 valence electrons. The van der Waals surface area contributed by atoms with Gasteiger partial charge < -0.3 is 15.4 Å². The monoisotopic (exact) mass is 281 g/mol. The lowest BCUT2D eigenvalue weighted by molar-refractivity contribution is 0.0926. The predicted molar refractivity (Wildman–Crippen MR) is 71.6 cm³/mol. The van der Waals surface area contributed by atoms with Crippen molar-refractivity contribution >= 4 is 17.5 Å². The molecule has 5 nitrogen and oxygen atoms in total. The molecule has 3 unspecified atom stereocenters. The molecule has 0 saturated carbocycles. The largest absolute Gasteiger partial charge is 0.494 e.